The molecule has 23 heavy (non-hydrogen) atoms. The Labute approximate surface area is 144 Å². The Hall–Kier alpha value is -2.01. The lowest BCUT2D eigenvalue weighted by Gasteiger charge is -2.17. The second-order valence-corrected chi connectivity index (χ2v) is 5.87. The smallest absolute Gasteiger partial charge is 0.252 e. The molecule has 5 heteroatoms. The Morgan fingerprint density at radius 2 is 1.96 bits per heavy atom. The summed E-state index contributed by atoms with van der Waals surface area (Å²) in [5.41, 5.74) is 1.56. The first-order chi connectivity index (χ1) is 11.1. The first-order valence-corrected chi connectivity index (χ1v) is 8.22. The van der Waals surface area contributed by atoms with Crippen LogP contribution in [0.2, 0.25) is 0 Å². The molecule has 1 N–H and O–H groups in total. The van der Waals surface area contributed by atoms with E-state index in [9.17, 15) is 4.79 Å². The predicted octanol–water partition coefficient (Wildman–Crippen LogP) is 4.35. The van der Waals surface area contributed by atoms with Crippen LogP contribution in [0.5, 0.6) is 11.5 Å². The van der Waals surface area contributed by atoms with E-state index in [1.807, 2.05) is 50.2 Å². The van der Waals surface area contributed by atoms with E-state index in [0.29, 0.717) is 23.7 Å². The van der Waals surface area contributed by atoms with Gasteiger partial charge in [0.15, 0.2) is 11.5 Å². The van der Waals surface area contributed by atoms with Crippen molar-refractivity contribution in [1.82, 2.24) is 5.32 Å². The van der Waals surface area contributed by atoms with Gasteiger partial charge in [0, 0.05) is 4.47 Å². The average Bonchev–Trinajstić information content (AvgIpc) is 2.55. The topological polar surface area (TPSA) is 47.6 Å². The number of halogens is 1. The maximum Gasteiger partial charge on any atom is 0.252 e. The Morgan fingerprint density at radius 3 is 2.61 bits per heavy atom. The van der Waals surface area contributed by atoms with E-state index in [1.54, 1.807) is 13.2 Å². The molecule has 0 heterocycles. The summed E-state index contributed by atoms with van der Waals surface area (Å²) in [7, 11) is 1.60. The molecular weight excluding hydrogens is 358 g/mol. The molecule has 0 aliphatic carbocycles. The summed E-state index contributed by atoms with van der Waals surface area (Å²) in [5, 5.41) is 2.99. The number of carbonyl (C=O) groups is 1. The molecule has 1 atom stereocenters. The summed E-state index contributed by atoms with van der Waals surface area (Å²) >= 11 is 3.40. The number of benzene rings is 2. The van der Waals surface area contributed by atoms with Gasteiger partial charge in [-0.05, 0) is 59.6 Å². The van der Waals surface area contributed by atoms with Gasteiger partial charge in [0.1, 0.15) is 0 Å². The van der Waals surface area contributed by atoms with Gasteiger partial charge in [-0.15, -0.1) is 0 Å². The Bertz CT molecular complexity index is 688. The lowest BCUT2D eigenvalue weighted by atomic mass is 10.1. The van der Waals surface area contributed by atoms with Gasteiger partial charge in [-0.25, -0.2) is 0 Å². The molecule has 0 aromatic heterocycles. The number of hydrogen-bond acceptors (Lipinski definition) is 3. The van der Waals surface area contributed by atoms with Crippen LogP contribution in [0.25, 0.3) is 0 Å². The van der Waals surface area contributed by atoms with Crippen molar-refractivity contribution in [2.45, 2.75) is 19.9 Å². The Balaban J connectivity index is 2.16. The van der Waals surface area contributed by atoms with Gasteiger partial charge in [-0.1, -0.05) is 18.2 Å². The summed E-state index contributed by atoms with van der Waals surface area (Å²) in [5.74, 6) is 1.23. The monoisotopic (exact) mass is 377 g/mol. The van der Waals surface area contributed by atoms with Crippen LogP contribution < -0.4 is 14.8 Å². The van der Waals surface area contributed by atoms with Crippen molar-refractivity contribution in [3.63, 3.8) is 0 Å². The molecule has 0 bridgehead atoms. The van der Waals surface area contributed by atoms with Crippen LogP contribution in [0.15, 0.2) is 46.9 Å². The molecule has 0 saturated carbocycles. The third-order valence-corrected chi connectivity index (χ3v) is 4.15. The largest absolute Gasteiger partial charge is 0.493 e. The van der Waals surface area contributed by atoms with Gasteiger partial charge in [0.2, 0.25) is 0 Å². The van der Waals surface area contributed by atoms with E-state index in [-0.39, 0.29) is 11.9 Å². The van der Waals surface area contributed by atoms with Crippen LogP contribution in [-0.2, 0) is 0 Å². The summed E-state index contributed by atoms with van der Waals surface area (Å²) in [4.78, 5) is 12.4. The molecule has 0 radical (unpaired) electrons. The third-order valence-electron chi connectivity index (χ3n) is 3.45. The summed E-state index contributed by atoms with van der Waals surface area (Å²) in [6.45, 7) is 4.43. The van der Waals surface area contributed by atoms with Gasteiger partial charge >= 0.3 is 0 Å². The van der Waals surface area contributed by atoms with Crippen molar-refractivity contribution >= 4 is 21.8 Å². The number of nitrogens with one attached hydrogen (secondary N) is 1. The van der Waals surface area contributed by atoms with Crippen molar-refractivity contribution in [3.05, 3.63) is 58.1 Å². The molecule has 4 nitrogen and oxygen atoms in total. The highest BCUT2D eigenvalue weighted by atomic mass is 79.9. The van der Waals surface area contributed by atoms with Crippen molar-refractivity contribution in [2.75, 3.05) is 13.7 Å². The second-order valence-electron chi connectivity index (χ2n) is 5.02. The van der Waals surface area contributed by atoms with E-state index < -0.39 is 0 Å². The van der Waals surface area contributed by atoms with Gasteiger partial charge < -0.3 is 14.8 Å². The van der Waals surface area contributed by atoms with Gasteiger partial charge in [-0.3, -0.25) is 4.79 Å². The molecular formula is C18H20BrNO3. The van der Waals surface area contributed by atoms with E-state index in [1.165, 1.54) is 0 Å². The minimum atomic E-state index is -0.154. The first-order valence-electron chi connectivity index (χ1n) is 7.43. The van der Waals surface area contributed by atoms with Crippen molar-refractivity contribution in [1.29, 1.82) is 0 Å². The molecule has 2 rings (SSSR count). The molecule has 2 aromatic carbocycles. The van der Waals surface area contributed by atoms with Crippen LogP contribution in [0.4, 0.5) is 0 Å². The van der Waals surface area contributed by atoms with E-state index >= 15 is 0 Å². The summed E-state index contributed by atoms with van der Waals surface area (Å²) in [6.07, 6.45) is 0. The molecule has 0 aliphatic rings. The molecule has 2 aromatic rings. The highest BCUT2D eigenvalue weighted by Crippen LogP contribution is 2.30. The second kappa shape index (κ2) is 8.02. The third kappa shape index (κ3) is 4.26. The fourth-order valence-corrected chi connectivity index (χ4v) is 2.70. The molecule has 1 amide bonds. The highest BCUT2D eigenvalue weighted by molar-refractivity contribution is 9.10. The molecule has 0 spiro atoms. The zero-order valence-corrected chi connectivity index (χ0v) is 15.0. The zero-order chi connectivity index (χ0) is 16.8. The average molecular weight is 378 g/mol. The lowest BCUT2D eigenvalue weighted by Crippen LogP contribution is -2.26. The number of ether oxygens (including phenoxy) is 2. The zero-order valence-electron chi connectivity index (χ0n) is 13.4. The lowest BCUT2D eigenvalue weighted by molar-refractivity contribution is 0.0939. The maximum atomic E-state index is 12.4. The fourth-order valence-electron chi connectivity index (χ4n) is 2.23. The molecule has 1 unspecified atom stereocenters. The Kier molecular flexibility index (Phi) is 6.04. The van der Waals surface area contributed by atoms with Crippen molar-refractivity contribution in [2.24, 2.45) is 0 Å². The fraction of sp³-hybridized carbons (Fsp3) is 0.278. The van der Waals surface area contributed by atoms with Crippen LogP contribution in [0, 0.1) is 0 Å². The SMILES string of the molecule is CCOc1ccc(C(C)NC(=O)c2ccccc2Br)cc1OC. The number of methoxy groups -OCH3 is 1. The van der Waals surface area contributed by atoms with E-state index in [4.69, 9.17) is 9.47 Å². The van der Waals surface area contributed by atoms with Crippen molar-refractivity contribution in [3.8, 4) is 11.5 Å². The van der Waals surface area contributed by atoms with Gasteiger partial charge in [0.25, 0.3) is 5.91 Å². The number of carbonyl (C=O) groups excluding carboxylic acids is 1. The van der Waals surface area contributed by atoms with Crippen LogP contribution in [-0.4, -0.2) is 19.6 Å². The van der Waals surface area contributed by atoms with Crippen molar-refractivity contribution < 1.29 is 14.3 Å². The molecule has 122 valence electrons. The standard InChI is InChI=1S/C18H20BrNO3/c1-4-23-16-10-9-13(11-17(16)22-3)12(2)20-18(21)14-7-5-6-8-15(14)19/h5-12H,4H2,1-3H3,(H,20,21). The van der Waals surface area contributed by atoms with Gasteiger partial charge in [0.05, 0.1) is 25.3 Å². The van der Waals surface area contributed by atoms with Crippen LogP contribution in [0.3, 0.4) is 0 Å². The minimum Gasteiger partial charge on any atom is -0.493 e. The number of amides is 1. The Morgan fingerprint density at radius 1 is 1.22 bits per heavy atom. The number of hydrogen-bond donors (Lipinski definition) is 1. The van der Waals surface area contributed by atoms with Gasteiger partial charge in [-0.2, -0.15) is 0 Å². The quantitative estimate of drug-likeness (QED) is 0.813. The molecule has 0 aliphatic heterocycles. The molecule has 0 saturated heterocycles. The van der Waals surface area contributed by atoms with E-state index in [2.05, 4.69) is 21.2 Å². The first kappa shape index (κ1) is 17.3. The normalized spacial score (nSPS) is 11.7. The molecule has 0 fully saturated rings. The predicted molar refractivity (Wildman–Crippen MR) is 94.2 cm³/mol. The van der Waals surface area contributed by atoms with Crippen LogP contribution >= 0.6 is 15.9 Å². The van der Waals surface area contributed by atoms with Crippen LogP contribution in [0.1, 0.15) is 35.8 Å². The number of rotatable bonds is 6. The summed E-state index contributed by atoms with van der Waals surface area (Å²) < 4.78 is 11.6. The minimum absolute atomic E-state index is 0.127. The van der Waals surface area contributed by atoms with E-state index in [0.717, 1.165) is 10.0 Å². The summed E-state index contributed by atoms with van der Waals surface area (Å²) in [6, 6.07) is 12.9. The maximum absolute atomic E-state index is 12.4. The highest BCUT2D eigenvalue weighted by Gasteiger charge is 2.15.